The zero-order valence-corrected chi connectivity index (χ0v) is 11.1. The molecular formula is C13H13F3N2O3. The molecule has 1 amide bonds. The number of nitrogens with zero attached hydrogens (tertiary/aromatic N) is 1. The van der Waals surface area contributed by atoms with Gasteiger partial charge in [0.05, 0.1) is 18.6 Å². The van der Waals surface area contributed by atoms with Crippen molar-refractivity contribution in [3.63, 3.8) is 0 Å². The Morgan fingerprint density at radius 3 is 2.33 bits per heavy atom. The molecule has 1 rings (SSSR count). The summed E-state index contributed by atoms with van der Waals surface area (Å²) in [5.74, 6) is 2.92. The fourth-order valence-electron chi connectivity index (χ4n) is 1.35. The minimum atomic E-state index is -4.94. The Balaban J connectivity index is 2.83. The van der Waals surface area contributed by atoms with Crippen LogP contribution in [0.1, 0.15) is 17.3 Å². The molecule has 1 aromatic carbocycles. The summed E-state index contributed by atoms with van der Waals surface area (Å²) in [6.45, 7) is 2.11. The number of Topliss-reactive ketones (excluding diaryl/α,β-unsaturated/α-hetero) is 1. The van der Waals surface area contributed by atoms with Gasteiger partial charge in [-0.1, -0.05) is 0 Å². The van der Waals surface area contributed by atoms with Crippen molar-refractivity contribution in [3.8, 4) is 0 Å². The number of carbonyl (C=O) groups is 2. The summed E-state index contributed by atoms with van der Waals surface area (Å²) >= 11 is 0. The van der Waals surface area contributed by atoms with Crippen LogP contribution in [0.4, 0.5) is 18.9 Å². The second kappa shape index (κ2) is 6.89. The summed E-state index contributed by atoms with van der Waals surface area (Å²) in [4.78, 5) is 22.6. The molecule has 2 N–H and O–H groups in total. The highest BCUT2D eigenvalue weighted by Gasteiger charge is 2.39. The van der Waals surface area contributed by atoms with Gasteiger partial charge in [0.1, 0.15) is 0 Å². The summed E-state index contributed by atoms with van der Waals surface area (Å²) in [6, 6.07) is 4.19. The van der Waals surface area contributed by atoms with Crippen LogP contribution in [-0.2, 0) is 9.53 Å². The number of hydrogen-bond donors (Lipinski definition) is 1. The van der Waals surface area contributed by atoms with Gasteiger partial charge in [-0.05, 0) is 31.2 Å². The van der Waals surface area contributed by atoms with Gasteiger partial charge in [0.25, 0.3) is 11.7 Å². The van der Waals surface area contributed by atoms with Crippen molar-refractivity contribution in [2.45, 2.75) is 13.1 Å². The van der Waals surface area contributed by atoms with Crippen molar-refractivity contribution >= 4 is 17.4 Å². The average molecular weight is 302 g/mol. The summed E-state index contributed by atoms with van der Waals surface area (Å²) in [6.07, 6.45) is -2.72. The highest BCUT2D eigenvalue weighted by Crippen LogP contribution is 2.23. The van der Waals surface area contributed by atoms with Crippen LogP contribution in [0.2, 0.25) is 0 Å². The number of nitrogens with two attached hydrogens (primary N) is 1. The molecule has 0 saturated carbocycles. The number of benzene rings is 1. The molecule has 0 aliphatic carbocycles. The van der Waals surface area contributed by atoms with E-state index in [0.29, 0.717) is 6.61 Å². The van der Waals surface area contributed by atoms with Crippen molar-refractivity contribution in [1.29, 1.82) is 0 Å². The van der Waals surface area contributed by atoms with Crippen molar-refractivity contribution in [1.82, 2.24) is 0 Å². The Hall–Kier alpha value is -2.35. The van der Waals surface area contributed by atoms with E-state index >= 15 is 0 Å². The molecule has 0 aliphatic heterocycles. The monoisotopic (exact) mass is 302 g/mol. The van der Waals surface area contributed by atoms with Gasteiger partial charge in [-0.15, -0.1) is 0 Å². The van der Waals surface area contributed by atoms with E-state index in [4.69, 9.17) is 10.6 Å². The number of amides is 1. The molecular weight excluding hydrogens is 289 g/mol. The van der Waals surface area contributed by atoms with Crippen LogP contribution < -0.4 is 10.9 Å². The van der Waals surface area contributed by atoms with E-state index in [9.17, 15) is 22.8 Å². The topological polar surface area (TPSA) is 72.6 Å². The molecule has 0 fully saturated rings. The van der Waals surface area contributed by atoms with Gasteiger partial charge in [-0.25, -0.2) is 10.9 Å². The molecule has 5 nitrogen and oxygen atoms in total. The Morgan fingerprint density at radius 1 is 1.29 bits per heavy atom. The van der Waals surface area contributed by atoms with Crippen LogP contribution >= 0.6 is 0 Å². The first kappa shape index (κ1) is 16.7. The summed E-state index contributed by atoms with van der Waals surface area (Å²) in [5, 5.41) is 0.720. The second-order valence-corrected chi connectivity index (χ2v) is 3.84. The number of ether oxygens (including phenoxy) is 1. The van der Waals surface area contributed by atoms with Crippen LogP contribution in [0.5, 0.6) is 0 Å². The van der Waals surface area contributed by atoms with Crippen LogP contribution in [0.3, 0.4) is 0 Å². The molecule has 8 heteroatoms. The van der Waals surface area contributed by atoms with Gasteiger partial charge in [0.15, 0.2) is 0 Å². The normalized spacial score (nSPS) is 11.5. The Bertz CT molecular complexity index is 539. The lowest BCUT2D eigenvalue weighted by Gasteiger charge is -2.15. The standard InChI is InChI=1S/C13H13F3N2O3/c1-2-21-8-7-11(19)18(17)10-5-3-9(4-6-10)12(20)13(14,15)16/h3-8H,2,17H2,1H3. The fourth-order valence-corrected chi connectivity index (χ4v) is 1.35. The van der Waals surface area contributed by atoms with E-state index in [2.05, 4.69) is 0 Å². The van der Waals surface area contributed by atoms with E-state index in [1.54, 1.807) is 6.92 Å². The number of anilines is 1. The predicted molar refractivity (Wildman–Crippen MR) is 69.3 cm³/mol. The first-order chi connectivity index (χ1) is 9.77. The maximum Gasteiger partial charge on any atom is 0.454 e. The third-order valence-corrected chi connectivity index (χ3v) is 2.38. The van der Waals surface area contributed by atoms with E-state index < -0.39 is 23.4 Å². The number of alkyl halides is 3. The number of ketones is 1. The maximum absolute atomic E-state index is 12.2. The first-order valence-corrected chi connectivity index (χ1v) is 5.86. The predicted octanol–water partition coefficient (Wildman–Crippen LogP) is 2.19. The number of hydrazine groups is 1. The van der Waals surface area contributed by atoms with Gasteiger partial charge in [0.2, 0.25) is 0 Å². The molecule has 0 atom stereocenters. The van der Waals surface area contributed by atoms with Gasteiger partial charge >= 0.3 is 6.18 Å². The lowest BCUT2D eigenvalue weighted by Crippen LogP contribution is -2.36. The third kappa shape index (κ3) is 4.60. The Labute approximate surface area is 118 Å². The molecule has 0 heterocycles. The molecule has 0 aliphatic rings. The Morgan fingerprint density at radius 2 is 1.86 bits per heavy atom. The molecule has 0 unspecified atom stereocenters. The van der Waals surface area contributed by atoms with Crippen molar-refractivity contribution in [2.24, 2.45) is 5.84 Å². The molecule has 0 saturated heterocycles. The molecule has 0 aromatic heterocycles. The van der Waals surface area contributed by atoms with Crippen molar-refractivity contribution < 1.29 is 27.5 Å². The van der Waals surface area contributed by atoms with Gasteiger partial charge in [-0.3, -0.25) is 9.59 Å². The van der Waals surface area contributed by atoms with Crippen molar-refractivity contribution in [3.05, 3.63) is 42.2 Å². The molecule has 21 heavy (non-hydrogen) atoms. The largest absolute Gasteiger partial charge is 0.501 e. The summed E-state index contributed by atoms with van der Waals surface area (Å²) < 4.78 is 41.5. The van der Waals surface area contributed by atoms with E-state index in [1.807, 2.05) is 0 Å². The van der Waals surface area contributed by atoms with Crippen LogP contribution in [0, 0.1) is 0 Å². The SMILES string of the molecule is CCOC=CC(=O)N(N)c1ccc(C(=O)C(F)(F)F)cc1. The fraction of sp³-hybridized carbons (Fsp3) is 0.231. The van der Waals surface area contributed by atoms with Crippen LogP contribution in [-0.4, -0.2) is 24.5 Å². The average Bonchev–Trinajstić information content (AvgIpc) is 2.45. The number of rotatable bonds is 5. The molecule has 1 aromatic rings. The first-order valence-electron chi connectivity index (χ1n) is 5.86. The summed E-state index contributed by atoms with van der Waals surface area (Å²) in [7, 11) is 0. The number of halogens is 3. The highest BCUT2D eigenvalue weighted by molar-refractivity contribution is 6.02. The quantitative estimate of drug-likeness (QED) is 0.226. The molecule has 0 radical (unpaired) electrons. The van der Waals surface area contributed by atoms with Gasteiger partial charge < -0.3 is 4.74 Å². The molecule has 114 valence electrons. The lowest BCUT2D eigenvalue weighted by molar-refractivity contribution is -0.114. The van der Waals surface area contributed by atoms with Crippen LogP contribution in [0.25, 0.3) is 0 Å². The lowest BCUT2D eigenvalue weighted by atomic mass is 10.1. The van der Waals surface area contributed by atoms with Gasteiger partial charge in [-0.2, -0.15) is 13.2 Å². The van der Waals surface area contributed by atoms with Crippen LogP contribution in [0.15, 0.2) is 36.6 Å². The molecule has 0 spiro atoms. The second-order valence-electron chi connectivity index (χ2n) is 3.84. The molecule has 0 bridgehead atoms. The third-order valence-electron chi connectivity index (χ3n) is 2.38. The number of hydrogen-bond acceptors (Lipinski definition) is 4. The minimum Gasteiger partial charge on any atom is -0.501 e. The maximum atomic E-state index is 12.2. The number of carbonyl (C=O) groups excluding carboxylic acids is 2. The van der Waals surface area contributed by atoms with E-state index in [0.717, 1.165) is 41.6 Å². The van der Waals surface area contributed by atoms with Crippen molar-refractivity contribution in [2.75, 3.05) is 11.6 Å². The zero-order chi connectivity index (χ0) is 16.0. The Kier molecular flexibility index (Phi) is 5.48. The smallest absolute Gasteiger partial charge is 0.454 e. The zero-order valence-electron chi connectivity index (χ0n) is 11.1. The van der Waals surface area contributed by atoms with E-state index in [1.165, 1.54) is 0 Å². The highest BCUT2D eigenvalue weighted by atomic mass is 19.4. The summed E-state index contributed by atoms with van der Waals surface area (Å²) in [5.41, 5.74) is -0.392. The van der Waals surface area contributed by atoms with Gasteiger partial charge in [0, 0.05) is 11.6 Å². The van der Waals surface area contributed by atoms with E-state index in [-0.39, 0.29) is 5.69 Å². The minimum absolute atomic E-state index is 0.139.